The van der Waals surface area contributed by atoms with Gasteiger partial charge in [-0.3, -0.25) is 24.2 Å². The number of aliphatic hydroxyl groups excluding tert-OH is 1. The SMILES string of the molecule is CSCCC(NC(=O)C(NC(=O)C(N)CC(N)=O)C(C)O)C(=O)NC(CCCN=C(N)N)C(=O)O. The Kier molecular flexibility index (Phi) is 15.0. The van der Waals surface area contributed by atoms with E-state index in [-0.39, 0.29) is 31.8 Å². The number of amides is 4. The fraction of sp³-hybridized carbons (Fsp3) is 0.684. The molecule has 0 aliphatic rings. The van der Waals surface area contributed by atoms with E-state index in [0.29, 0.717) is 5.75 Å². The first-order chi connectivity index (χ1) is 16.3. The number of nitrogens with zero attached hydrogens (tertiary/aromatic N) is 1. The number of nitrogens with two attached hydrogens (primary N) is 4. The Balaban J connectivity index is 5.36. The molecule has 13 N–H and O–H groups in total. The molecule has 0 aliphatic heterocycles. The third-order valence-electron chi connectivity index (χ3n) is 4.62. The first-order valence-corrected chi connectivity index (χ1v) is 12.1. The zero-order valence-corrected chi connectivity index (χ0v) is 20.5. The molecular weight excluding hydrogens is 484 g/mol. The molecule has 0 saturated heterocycles. The number of guanidine groups is 1. The van der Waals surface area contributed by atoms with Gasteiger partial charge in [-0.2, -0.15) is 11.8 Å². The maximum atomic E-state index is 12.8. The van der Waals surface area contributed by atoms with Crippen molar-refractivity contribution in [1.82, 2.24) is 16.0 Å². The highest BCUT2D eigenvalue weighted by Gasteiger charge is 2.32. The summed E-state index contributed by atoms with van der Waals surface area (Å²) in [4.78, 5) is 64.0. The monoisotopic (exact) mass is 520 g/mol. The first kappa shape index (κ1) is 31.9. The van der Waals surface area contributed by atoms with E-state index < -0.39 is 66.3 Å². The molecule has 5 atom stereocenters. The number of carbonyl (C=O) groups excluding carboxylic acids is 4. The Morgan fingerprint density at radius 3 is 2.03 bits per heavy atom. The number of aliphatic imine (C=N–C) groups is 1. The normalized spacial score (nSPS) is 15.0. The number of carboxylic acid groups (broad SMARTS) is 1. The van der Waals surface area contributed by atoms with E-state index in [9.17, 15) is 34.2 Å². The Hall–Kier alpha value is -3.11. The summed E-state index contributed by atoms with van der Waals surface area (Å²) in [7, 11) is 0. The van der Waals surface area contributed by atoms with Gasteiger partial charge in [-0.1, -0.05) is 0 Å². The molecule has 15 nitrogen and oxygen atoms in total. The number of aliphatic carboxylic acids is 1. The lowest BCUT2D eigenvalue weighted by Gasteiger charge is -2.26. The van der Waals surface area contributed by atoms with Crippen molar-refractivity contribution in [3.05, 3.63) is 0 Å². The van der Waals surface area contributed by atoms with Crippen LogP contribution in [0.2, 0.25) is 0 Å². The number of carboxylic acids is 1. The summed E-state index contributed by atoms with van der Waals surface area (Å²) in [5.41, 5.74) is 21.0. The minimum absolute atomic E-state index is 0.0329. The molecule has 0 saturated carbocycles. The van der Waals surface area contributed by atoms with Gasteiger partial charge in [-0.15, -0.1) is 0 Å². The number of carbonyl (C=O) groups is 5. The van der Waals surface area contributed by atoms with Gasteiger partial charge in [0, 0.05) is 6.54 Å². The van der Waals surface area contributed by atoms with Crippen LogP contribution >= 0.6 is 11.8 Å². The third-order valence-corrected chi connectivity index (χ3v) is 5.27. The van der Waals surface area contributed by atoms with Gasteiger partial charge in [0.05, 0.1) is 18.6 Å². The standard InChI is InChI=1S/C19H36N8O7S/c1-9(28)14(27-15(30)10(20)8-13(21)29)17(32)25-11(5-7-35-2)16(31)26-12(18(33)34)4-3-6-24-19(22)23/h9-12,14,28H,3-8,20H2,1-2H3,(H2,21,29)(H,25,32)(H,26,31)(H,27,30)(H,33,34)(H4,22,23,24). The molecule has 0 bridgehead atoms. The van der Waals surface area contributed by atoms with Gasteiger partial charge < -0.3 is 49.1 Å². The lowest BCUT2D eigenvalue weighted by atomic mass is 10.1. The van der Waals surface area contributed by atoms with Crippen molar-refractivity contribution in [2.75, 3.05) is 18.6 Å². The van der Waals surface area contributed by atoms with Crippen molar-refractivity contribution in [2.24, 2.45) is 27.9 Å². The summed E-state index contributed by atoms with van der Waals surface area (Å²) in [6, 6.07) is -5.26. The summed E-state index contributed by atoms with van der Waals surface area (Å²) < 4.78 is 0. The molecule has 0 rings (SSSR count). The zero-order chi connectivity index (χ0) is 27.1. The quantitative estimate of drug-likeness (QED) is 0.0505. The molecule has 0 aliphatic carbocycles. The molecule has 0 aromatic rings. The maximum Gasteiger partial charge on any atom is 0.326 e. The lowest BCUT2D eigenvalue weighted by molar-refractivity contribution is -0.142. The Labute approximate surface area is 207 Å². The van der Waals surface area contributed by atoms with Crippen molar-refractivity contribution < 1.29 is 34.2 Å². The minimum atomic E-state index is -1.50. The predicted molar refractivity (Wildman–Crippen MR) is 130 cm³/mol. The van der Waals surface area contributed by atoms with E-state index in [1.165, 1.54) is 18.7 Å². The molecule has 0 heterocycles. The zero-order valence-electron chi connectivity index (χ0n) is 19.7. The molecule has 16 heteroatoms. The molecule has 0 aromatic carbocycles. The summed E-state index contributed by atoms with van der Waals surface area (Å²) >= 11 is 1.39. The molecule has 4 amide bonds. The highest BCUT2D eigenvalue weighted by atomic mass is 32.2. The summed E-state index contributed by atoms with van der Waals surface area (Å²) in [6.45, 7) is 1.40. The molecule has 200 valence electrons. The van der Waals surface area contributed by atoms with Gasteiger partial charge in [-0.25, -0.2) is 4.79 Å². The van der Waals surface area contributed by atoms with E-state index in [0.717, 1.165) is 0 Å². The number of hydrogen-bond acceptors (Lipinski definition) is 9. The molecule has 0 fully saturated rings. The van der Waals surface area contributed by atoms with Crippen LogP contribution in [0.15, 0.2) is 4.99 Å². The number of nitrogens with one attached hydrogen (secondary N) is 3. The van der Waals surface area contributed by atoms with Gasteiger partial charge in [0.1, 0.15) is 18.1 Å². The second-order valence-electron chi connectivity index (χ2n) is 7.69. The van der Waals surface area contributed by atoms with E-state index in [1.807, 2.05) is 0 Å². The summed E-state index contributed by atoms with van der Waals surface area (Å²) in [6.07, 6.45) is 0.369. The number of aliphatic hydroxyl groups is 1. The van der Waals surface area contributed by atoms with Crippen LogP contribution in [0, 0.1) is 0 Å². The van der Waals surface area contributed by atoms with Gasteiger partial charge in [0.25, 0.3) is 0 Å². The van der Waals surface area contributed by atoms with Crippen molar-refractivity contribution in [3.8, 4) is 0 Å². The summed E-state index contributed by atoms with van der Waals surface area (Å²) in [5.74, 6) is -4.38. The Morgan fingerprint density at radius 1 is 0.943 bits per heavy atom. The second-order valence-corrected chi connectivity index (χ2v) is 8.68. The summed E-state index contributed by atoms with van der Waals surface area (Å²) in [5, 5.41) is 26.4. The predicted octanol–water partition coefficient (Wildman–Crippen LogP) is -4.08. The number of rotatable bonds is 17. The van der Waals surface area contributed by atoms with Gasteiger partial charge in [0.2, 0.25) is 23.6 Å². The van der Waals surface area contributed by atoms with Crippen LogP contribution in [0.3, 0.4) is 0 Å². The van der Waals surface area contributed by atoms with Gasteiger partial charge in [0.15, 0.2) is 5.96 Å². The largest absolute Gasteiger partial charge is 0.480 e. The fourth-order valence-corrected chi connectivity index (χ4v) is 3.25. The molecule has 0 radical (unpaired) electrons. The second kappa shape index (κ2) is 16.5. The van der Waals surface area contributed by atoms with Crippen LogP contribution in [-0.2, 0) is 24.0 Å². The van der Waals surface area contributed by atoms with Crippen LogP contribution in [0.5, 0.6) is 0 Å². The van der Waals surface area contributed by atoms with Gasteiger partial charge >= 0.3 is 5.97 Å². The van der Waals surface area contributed by atoms with E-state index in [4.69, 9.17) is 22.9 Å². The van der Waals surface area contributed by atoms with Crippen LogP contribution < -0.4 is 38.9 Å². The van der Waals surface area contributed by atoms with Crippen LogP contribution in [0.25, 0.3) is 0 Å². The lowest BCUT2D eigenvalue weighted by Crippen LogP contribution is -2.60. The van der Waals surface area contributed by atoms with Gasteiger partial charge in [-0.05, 0) is 38.2 Å². The van der Waals surface area contributed by atoms with Crippen molar-refractivity contribution >= 4 is 47.3 Å². The maximum absolute atomic E-state index is 12.8. The van der Waals surface area contributed by atoms with E-state index >= 15 is 0 Å². The molecule has 0 aromatic heterocycles. The fourth-order valence-electron chi connectivity index (χ4n) is 2.77. The van der Waals surface area contributed by atoms with E-state index in [2.05, 4.69) is 20.9 Å². The first-order valence-electron chi connectivity index (χ1n) is 10.7. The third kappa shape index (κ3) is 13.4. The molecule has 0 spiro atoms. The van der Waals surface area contributed by atoms with E-state index in [1.54, 1.807) is 6.26 Å². The average Bonchev–Trinajstić information content (AvgIpc) is 2.75. The topological polar surface area (TPSA) is 278 Å². The van der Waals surface area contributed by atoms with Crippen LogP contribution in [0.1, 0.15) is 32.6 Å². The smallest absolute Gasteiger partial charge is 0.326 e. The highest BCUT2D eigenvalue weighted by molar-refractivity contribution is 7.98. The van der Waals surface area contributed by atoms with Crippen molar-refractivity contribution in [1.29, 1.82) is 0 Å². The number of primary amides is 1. The molecule has 5 unspecified atom stereocenters. The van der Waals surface area contributed by atoms with Crippen LogP contribution in [-0.4, -0.2) is 94.6 Å². The highest BCUT2D eigenvalue weighted by Crippen LogP contribution is 2.06. The number of hydrogen-bond donors (Lipinski definition) is 9. The van der Waals surface area contributed by atoms with Crippen molar-refractivity contribution in [2.45, 2.75) is 62.9 Å². The van der Waals surface area contributed by atoms with Crippen LogP contribution in [0.4, 0.5) is 0 Å². The Bertz CT molecular complexity index is 776. The van der Waals surface area contributed by atoms with Crippen molar-refractivity contribution in [3.63, 3.8) is 0 Å². The molecular formula is C19H36N8O7S. The number of thioether (sulfide) groups is 1. The Morgan fingerprint density at radius 2 is 1.54 bits per heavy atom. The average molecular weight is 521 g/mol. The molecule has 35 heavy (non-hydrogen) atoms. The minimum Gasteiger partial charge on any atom is -0.480 e.